The Labute approximate surface area is 118 Å². The van der Waals surface area contributed by atoms with Gasteiger partial charge in [0, 0.05) is 18.4 Å². The van der Waals surface area contributed by atoms with Gasteiger partial charge in [-0.05, 0) is 24.5 Å². The number of aromatic nitrogens is 1. The summed E-state index contributed by atoms with van der Waals surface area (Å²) in [7, 11) is 0. The van der Waals surface area contributed by atoms with Crippen LogP contribution in [0.3, 0.4) is 0 Å². The van der Waals surface area contributed by atoms with E-state index in [0.717, 1.165) is 11.3 Å². The van der Waals surface area contributed by atoms with Crippen molar-refractivity contribution in [2.75, 3.05) is 0 Å². The molecule has 1 aromatic heterocycles. The quantitative estimate of drug-likeness (QED) is 0.739. The number of nitrogens with zero attached hydrogens (tertiary/aromatic N) is 1. The van der Waals surface area contributed by atoms with Gasteiger partial charge >= 0.3 is 12.0 Å². The summed E-state index contributed by atoms with van der Waals surface area (Å²) < 4.78 is 0. The molecule has 110 valence electrons. The van der Waals surface area contributed by atoms with Crippen molar-refractivity contribution >= 4 is 12.0 Å². The van der Waals surface area contributed by atoms with Gasteiger partial charge in [-0.25, -0.2) is 9.59 Å². The Morgan fingerprint density at radius 2 is 2.10 bits per heavy atom. The molecule has 0 spiro atoms. The van der Waals surface area contributed by atoms with Gasteiger partial charge in [-0.1, -0.05) is 26.3 Å². The first-order valence-corrected chi connectivity index (χ1v) is 6.62. The summed E-state index contributed by atoms with van der Waals surface area (Å²) in [4.78, 5) is 26.9. The topological polar surface area (TPSA) is 91.3 Å². The Hall–Kier alpha value is -2.11. The van der Waals surface area contributed by atoms with Crippen LogP contribution >= 0.6 is 0 Å². The van der Waals surface area contributed by atoms with Crippen LogP contribution in [0.15, 0.2) is 18.3 Å². The van der Waals surface area contributed by atoms with E-state index in [4.69, 9.17) is 5.11 Å². The molecule has 6 nitrogen and oxygen atoms in total. The molecule has 0 saturated heterocycles. The molecular weight excluding hydrogens is 258 g/mol. The maximum Gasteiger partial charge on any atom is 0.326 e. The van der Waals surface area contributed by atoms with E-state index in [1.807, 2.05) is 26.0 Å². The Kier molecular flexibility index (Phi) is 5.96. The maximum atomic E-state index is 11.7. The minimum Gasteiger partial charge on any atom is -0.480 e. The molecule has 2 atom stereocenters. The summed E-state index contributed by atoms with van der Waals surface area (Å²) >= 11 is 0. The lowest BCUT2D eigenvalue weighted by Crippen LogP contribution is -2.48. The summed E-state index contributed by atoms with van der Waals surface area (Å²) in [6, 6.07) is 2.36. The fourth-order valence-corrected chi connectivity index (χ4v) is 1.66. The molecule has 0 aliphatic heterocycles. The van der Waals surface area contributed by atoms with Gasteiger partial charge < -0.3 is 15.7 Å². The van der Waals surface area contributed by atoms with Crippen LogP contribution in [0.25, 0.3) is 0 Å². The van der Waals surface area contributed by atoms with Crippen LogP contribution in [0.5, 0.6) is 0 Å². The maximum absolute atomic E-state index is 11.7. The minimum atomic E-state index is -1.02. The standard InChI is InChI=1S/C14H21N3O3/c1-4-9(2)12(13(18)19)17-14(20)16-8-11-6-5-10(3)15-7-11/h5-7,9,12H,4,8H2,1-3H3,(H,18,19)(H2,16,17,20). The molecule has 20 heavy (non-hydrogen) atoms. The lowest BCUT2D eigenvalue weighted by atomic mass is 9.99. The lowest BCUT2D eigenvalue weighted by molar-refractivity contribution is -0.140. The highest BCUT2D eigenvalue weighted by molar-refractivity contribution is 5.82. The number of nitrogens with one attached hydrogen (secondary N) is 2. The smallest absolute Gasteiger partial charge is 0.326 e. The van der Waals surface area contributed by atoms with Crippen molar-refractivity contribution in [3.8, 4) is 0 Å². The number of rotatable bonds is 6. The largest absolute Gasteiger partial charge is 0.480 e. The molecule has 3 N–H and O–H groups in total. The SMILES string of the molecule is CCC(C)C(NC(=O)NCc1ccc(C)nc1)C(=O)O. The van der Waals surface area contributed by atoms with Crippen LogP contribution in [-0.4, -0.2) is 28.1 Å². The van der Waals surface area contributed by atoms with Crippen molar-refractivity contribution in [2.45, 2.75) is 39.8 Å². The summed E-state index contributed by atoms with van der Waals surface area (Å²) in [5.74, 6) is -1.15. The molecule has 1 aromatic rings. The summed E-state index contributed by atoms with van der Waals surface area (Å²) in [6.45, 7) is 5.88. The number of hydrogen-bond acceptors (Lipinski definition) is 3. The van der Waals surface area contributed by atoms with E-state index in [0.29, 0.717) is 13.0 Å². The second kappa shape index (κ2) is 7.47. The van der Waals surface area contributed by atoms with Gasteiger partial charge in [0.1, 0.15) is 6.04 Å². The molecule has 2 amide bonds. The van der Waals surface area contributed by atoms with Gasteiger partial charge in [-0.15, -0.1) is 0 Å². The normalized spacial score (nSPS) is 13.3. The van der Waals surface area contributed by atoms with Gasteiger partial charge in [0.25, 0.3) is 0 Å². The Balaban J connectivity index is 2.49. The average molecular weight is 279 g/mol. The van der Waals surface area contributed by atoms with Crippen LogP contribution in [0.2, 0.25) is 0 Å². The van der Waals surface area contributed by atoms with Crippen molar-refractivity contribution < 1.29 is 14.7 Å². The molecule has 1 rings (SSSR count). The predicted molar refractivity (Wildman–Crippen MR) is 75.2 cm³/mol. The average Bonchev–Trinajstić information content (AvgIpc) is 2.43. The number of carbonyl (C=O) groups is 2. The molecule has 0 aliphatic rings. The molecule has 0 fully saturated rings. The number of amides is 2. The van der Waals surface area contributed by atoms with Crippen molar-refractivity contribution in [3.63, 3.8) is 0 Å². The van der Waals surface area contributed by atoms with Crippen LogP contribution < -0.4 is 10.6 Å². The predicted octanol–water partition coefficient (Wildman–Crippen LogP) is 1.69. The molecule has 0 aromatic carbocycles. The Bertz CT molecular complexity index is 459. The Morgan fingerprint density at radius 1 is 1.40 bits per heavy atom. The third-order valence-corrected chi connectivity index (χ3v) is 3.19. The molecule has 0 radical (unpaired) electrons. The van der Waals surface area contributed by atoms with Crippen molar-refractivity contribution in [1.82, 2.24) is 15.6 Å². The van der Waals surface area contributed by atoms with Crippen LogP contribution in [0.4, 0.5) is 4.79 Å². The summed E-state index contributed by atoms with van der Waals surface area (Å²) in [6.07, 6.45) is 2.36. The number of aliphatic carboxylic acids is 1. The molecule has 1 heterocycles. The first-order chi connectivity index (χ1) is 9.43. The second-order valence-electron chi connectivity index (χ2n) is 4.84. The van der Waals surface area contributed by atoms with Gasteiger partial charge in [0.15, 0.2) is 0 Å². The highest BCUT2D eigenvalue weighted by atomic mass is 16.4. The van der Waals surface area contributed by atoms with Crippen LogP contribution in [0, 0.1) is 12.8 Å². The van der Waals surface area contributed by atoms with Gasteiger partial charge in [0.2, 0.25) is 0 Å². The monoisotopic (exact) mass is 279 g/mol. The zero-order valence-corrected chi connectivity index (χ0v) is 12.0. The van der Waals surface area contributed by atoms with Crippen LogP contribution in [-0.2, 0) is 11.3 Å². The zero-order chi connectivity index (χ0) is 15.1. The zero-order valence-electron chi connectivity index (χ0n) is 12.0. The van der Waals surface area contributed by atoms with Crippen molar-refractivity contribution in [1.29, 1.82) is 0 Å². The molecule has 0 aliphatic carbocycles. The molecular formula is C14H21N3O3. The summed E-state index contributed by atoms with van der Waals surface area (Å²) in [5.41, 5.74) is 1.77. The number of aryl methyl sites for hydroxylation is 1. The van der Waals surface area contributed by atoms with Gasteiger partial charge in [0.05, 0.1) is 0 Å². The summed E-state index contributed by atoms with van der Waals surface area (Å²) in [5, 5.41) is 14.2. The fourth-order valence-electron chi connectivity index (χ4n) is 1.66. The number of carbonyl (C=O) groups excluding carboxylic acids is 1. The fraction of sp³-hybridized carbons (Fsp3) is 0.500. The van der Waals surface area contributed by atoms with Gasteiger partial charge in [-0.2, -0.15) is 0 Å². The van der Waals surface area contributed by atoms with E-state index >= 15 is 0 Å². The highest BCUT2D eigenvalue weighted by Crippen LogP contribution is 2.07. The molecule has 6 heteroatoms. The second-order valence-corrected chi connectivity index (χ2v) is 4.84. The third-order valence-electron chi connectivity index (χ3n) is 3.19. The number of carboxylic acids is 1. The van der Waals surface area contributed by atoms with Crippen molar-refractivity contribution in [3.05, 3.63) is 29.6 Å². The van der Waals surface area contributed by atoms with Crippen molar-refractivity contribution in [2.24, 2.45) is 5.92 Å². The lowest BCUT2D eigenvalue weighted by Gasteiger charge is -2.20. The number of carboxylic acid groups (broad SMARTS) is 1. The first kappa shape index (κ1) is 15.9. The number of hydrogen-bond donors (Lipinski definition) is 3. The molecule has 0 bridgehead atoms. The minimum absolute atomic E-state index is 0.126. The van der Waals surface area contributed by atoms with E-state index in [9.17, 15) is 9.59 Å². The number of urea groups is 1. The van der Waals surface area contributed by atoms with E-state index in [1.54, 1.807) is 13.1 Å². The first-order valence-electron chi connectivity index (χ1n) is 6.62. The van der Waals surface area contributed by atoms with Crippen LogP contribution in [0.1, 0.15) is 31.5 Å². The number of pyridine rings is 1. The Morgan fingerprint density at radius 3 is 2.60 bits per heavy atom. The molecule has 2 unspecified atom stereocenters. The van der Waals surface area contributed by atoms with E-state index in [2.05, 4.69) is 15.6 Å². The van der Waals surface area contributed by atoms with Gasteiger partial charge in [-0.3, -0.25) is 4.98 Å². The van der Waals surface area contributed by atoms with E-state index in [1.165, 1.54) is 0 Å². The molecule has 0 saturated carbocycles. The van der Waals surface area contributed by atoms with E-state index in [-0.39, 0.29) is 5.92 Å². The third kappa shape index (κ3) is 4.87. The highest BCUT2D eigenvalue weighted by Gasteiger charge is 2.24. The van der Waals surface area contributed by atoms with E-state index < -0.39 is 18.0 Å².